The average molecular weight is 509 g/mol. The summed E-state index contributed by atoms with van der Waals surface area (Å²) >= 11 is 0. The molecule has 0 radical (unpaired) electrons. The molecular weight excluding hydrogens is 472 g/mol. The van der Waals surface area contributed by atoms with Crippen molar-refractivity contribution in [2.24, 2.45) is 0 Å². The Labute approximate surface area is 215 Å². The van der Waals surface area contributed by atoms with Crippen LogP contribution in [0.4, 0.5) is 0 Å². The highest BCUT2D eigenvalue weighted by Crippen LogP contribution is 2.39. The summed E-state index contributed by atoms with van der Waals surface area (Å²) in [7, 11) is -4.20. The first-order valence-corrected chi connectivity index (χ1v) is 13.8. The predicted octanol–water partition coefficient (Wildman–Crippen LogP) is 7.33. The summed E-state index contributed by atoms with van der Waals surface area (Å²) in [5.74, 6) is 1.72. The summed E-state index contributed by atoms with van der Waals surface area (Å²) in [4.78, 5) is -0.0792. The van der Waals surface area contributed by atoms with Crippen molar-refractivity contribution in [3.05, 3.63) is 108 Å². The lowest BCUT2D eigenvalue weighted by Crippen LogP contribution is -2.10. The van der Waals surface area contributed by atoms with E-state index in [1.165, 1.54) is 29.5 Å². The van der Waals surface area contributed by atoms with Gasteiger partial charge in [-0.15, -0.1) is 0 Å². The number of benzene rings is 3. The Morgan fingerprint density at radius 1 is 0.833 bits per heavy atom. The van der Waals surface area contributed by atoms with Crippen molar-refractivity contribution in [2.75, 3.05) is 13.2 Å². The maximum Gasteiger partial charge on any atom is 0.294 e. The van der Waals surface area contributed by atoms with E-state index in [0.29, 0.717) is 25.0 Å². The molecule has 0 amide bonds. The summed E-state index contributed by atoms with van der Waals surface area (Å²) in [6, 6.07) is 25.4. The van der Waals surface area contributed by atoms with Gasteiger partial charge in [0.05, 0.1) is 11.2 Å². The second-order valence-electron chi connectivity index (χ2n) is 9.08. The van der Waals surface area contributed by atoms with E-state index < -0.39 is 10.1 Å². The zero-order valence-corrected chi connectivity index (χ0v) is 21.9. The van der Waals surface area contributed by atoms with Crippen LogP contribution in [0, 0.1) is 0 Å². The lowest BCUT2D eigenvalue weighted by atomic mass is 9.78. The molecule has 3 aromatic carbocycles. The van der Waals surface area contributed by atoms with Gasteiger partial charge in [-0.05, 0) is 78.0 Å². The Morgan fingerprint density at radius 2 is 1.44 bits per heavy atom. The van der Waals surface area contributed by atoms with Crippen LogP contribution in [-0.2, 0) is 14.9 Å². The summed E-state index contributed by atoms with van der Waals surface area (Å²) in [6.07, 6.45) is 4.24. The van der Waals surface area contributed by atoms with E-state index in [-0.39, 0.29) is 10.8 Å². The molecule has 6 heteroatoms. The van der Waals surface area contributed by atoms with Gasteiger partial charge >= 0.3 is 0 Å². The number of hydrogen-bond acceptors (Lipinski definition) is 4. The highest BCUT2D eigenvalue weighted by Gasteiger charge is 2.22. The zero-order chi connectivity index (χ0) is 26.0. The van der Waals surface area contributed by atoms with E-state index in [1.807, 2.05) is 30.3 Å². The lowest BCUT2D eigenvalue weighted by Gasteiger charge is -2.27. The van der Waals surface area contributed by atoms with Gasteiger partial charge in [-0.2, -0.15) is 8.42 Å². The number of ether oxygens (including phenoxy) is 2. The van der Waals surface area contributed by atoms with Gasteiger partial charge in [0.2, 0.25) is 0 Å². The minimum atomic E-state index is -4.20. The Balaban J connectivity index is 1.81. The molecule has 3 rings (SSSR count). The van der Waals surface area contributed by atoms with Gasteiger partial charge in [-0.3, -0.25) is 4.55 Å². The minimum absolute atomic E-state index is 0.0792. The molecule has 3 aromatic rings. The van der Waals surface area contributed by atoms with Crippen LogP contribution in [0.25, 0.3) is 0 Å². The Hall–Kier alpha value is -3.09. The van der Waals surface area contributed by atoms with Crippen LogP contribution in [0.1, 0.15) is 67.6 Å². The largest absolute Gasteiger partial charge is 0.498 e. The van der Waals surface area contributed by atoms with E-state index in [4.69, 9.17) is 9.47 Å². The monoisotopic (exact) mass is 508 g/mol. The van der Waals surface area contributed by atoms with Gasteiger partial charge in [0.1, 0.15) is 19.0 Å². The van der Waals surface area contributed by atoms with Crippen molar-refractivity contribution in [3.8, 4) is 5.75 Å². The van der Waals surface area contributed by atoms with Crippen LogP contribution in [0.15, 0.2) is 96.6 Å². The predicted molar refractivity (Wildman–Crippen MR) is 144 cm³/mol. The first-order valence-electron chi connectivity index (χ1n) is 12.4. The highest BCUT2D eigenvalue weighted by atomic mass is 32.2. The summed E-state index contributed by atoms with van der Waals surface area (Å²) in [5.41, 5.74) is 3.64. The SMILES string of the molecule is C=COCCOc1ccc(C(CC(C)c2ccccc2)CC(CC)c2ccc(S(=O)(=O)O)cc2)cc1. The minimum Gasteiger partial charge on any atom is -0.498 e. The van der Waals surface area contributed by atoms with Crippen LogP contribution < -0.4 is 4.74 Å². The lowest BCUT2D eigenvalue weighted by molar-refractivity contribution is 0.179. The second kappa shape index (κ2) is 13.3. The molecule has 0 saturated heterocycles. The van der Waals surface area contributed by atoms with E-state index in [9.17, 15) is 13.0 Å². The third-order valence-corrected chi connectivity index (χ3v) is 7.53. The molecule has 0 bridgehead atoms. The smallest absolute Gasteiger partial charge is 0.294 e. The fourth-order valence-electron chi connectivity index (χ4n) is 4.63. The fourth-order valence-corrected chi connectivity index (χ4v) is 5.11. The molecule has 0 aliphatic carbocycles. The standard InChI is InChI=1S/C30H36O5S/c1-4-24(26-13-17-30(18-14-26)36(31,32)33)22-28(21-23(3)25-9-7-6-8-10-25)27-11-15-29(16-12-27)35-20-19-34-5-2/h5-18,23-24,28H,2,4,19-22H2,1,3H3,(H,31,32,33). The first-order chi connectivity index (χ1) is 17.3. The molecular formula is C30H36O5S. The third kappa shape index (κ3) is 7.97. The average Bonchev–Trinajstić information content (AvgIpc) is 2.89. The maximum atomic E-state index is 11.5. The molecule has 0 heterocycles. The van der Waals surface area contributed by atoms with Crippen LogP contribution in [0.5, 0.6) is 5.75 Å². The van der Waals surface area contributed by atoms with Crippen LogP contribution in [0.2, 0.25) is 0 Å². The summed E-state index contributed by atoms with van der Waals surface area (Å²) in [6.45, 7) is 8.86. The molecule has 36 heavy (non-hydrogen) atoms. The van der Waals surface area contributed by atoms with Gasteiger partial charge in [-0.25, -0.2) is 0 Å². The van der Waals surface area contributed by atoms with Gasteiger partial charge in [0.25, 0.3) is 10.1 Å². The van der Waals surface area contributed by atoms with E-state index in [2.05, 4.69) is 56.8 Å². The van der Waals surface area contributed by atoms with Gasteiger partial charge in [0.15, 0.2) is 0 Å². The zero-order valence-electron chi connectivity index (χ0n) is 21.0. The number of hydrogen-bond donors (Lipinski definition) is 1. The van der Waals surface area contributed by atoms with Crippen LogP contribution in [0.3, 0.4) is 0 Å². The molecule has 5 nitrogen and oxygen atoms in total. The van der Waals surface area contributed by atoms with Crippen molar-refractivity contribution in [2.45, 2.75) is 55.8 Å². The molecule has 0 fully saturated rings. The fraction of sp³-hybridized carbons (Fsp3) is 0.333. The van der Waals surface area contributed by atoms with Crippen LogP contribution in [-0.4, -0.2) is 26.2 Å². The molecule has 0 spiro atoms. The molecule has 3 unspecified atom stereocenters. The van der Waals surface area contributed by atoms with Crippen molar-refractivity contribution in [3.63, 3.8) is 0 Å². The Bertz CT molecular complexity index is 1170. The molecule has 1 N–H and O–H groups in total. The van der Waals surface area contributed by atoms with Crippen molar-refractivity contribution < 1.29 is 22.4 Å². The maximum absolute atomic E-state index is 11.5. The molecule has 0 saturated carbocycles. The van der Waals surface area contributed by atoms with E-state index in [0.717, 1.165) is 30.6 Å². The number of rotatable bonds is 14. The summed E-state index contributed by atoms with van der Waals surface area (Å²) < 4.78 is 43.1. The normalized spacial score (nSPS) is 14.0. The first kappa shape index (κ1) is 27.5. The van der Waals surface area contributed by atoms with Crippen molar-refractivity contribution >= 4 is 10.1 Å². The molecule has 3 atom stereocenters. The van der Waals surface area contributed by atoms with E-state index in [1.54, 1.807) is 0 Å². The Morgan fingerprint density at radius 3 is 2.03 bits per heavy atom. The van der Waals surface area contributed by atoms with Gasteiger partial charge in [0, 0.05) is 0 Å². The van der Waals surface area contributed by atoms with Crippen molar-refractivity contribution in [1.82, 2.24) is 0 Å². The molecule has 0 aromatic heterocycles. The van der Waals surface area contributed by atoms with Crippen molar-refractivity contribution in [1.29, 1.82) is 0 Å². The molecule has 192 valence electrons. The van der Waals surface area contributed by atoms with Gasteiger partial charge < -0.3 is 9.47 Å². The van der Waals surface area contributed by atoms with E-state index >= 15 is 0 Å². The Kier molecular flexibility index (Phi) is 10.1. The topological polar surface area (TPSA) is 72.8 Å². The molecule has 0 aliphatic heterocycles. The van der Waals surface area contributed by atoms with Crippen LogP contribution >= 0.6 is 0 Å². The van der Waals surface area contributed by atoms with Gasteiger partial charge in [-0.1, -0.05) is 75.0 Å². The quantitative estimate of drug-likeness (QED) is 0.140. The third-order valence-electron chi connectivity index (χ3n) is 6.66. The second-order valence-corrected chi connectivity index (χ2v) is 10.5. The summed E-state index contributed by atoms with van der Waals surface area (Å²) in [5, 5.41) is 0. The highest BCUT2D eigenvalue weighted by molar-refractivity contribution is 7.85. The molecule has 0 aliphatic rings.